The Morgan fingerprint density at radius 2 is 1.64 bits per heavy atom. The third kappa shape index (κ3) is 3.01. The summed E-state index contributed by atoms with van der Waals surface area (Å²) in [5, 5.41) is 29.4. The first-order chi connectivity index (χ1) is 13.5. The van der Waals surface area contributed by atoms with Crippen molar-refractivity contribution >= 4 is 23.2 Å². The van der Waals surface area contributed by atoms with E-state index in [0.29, 0.717) is 0 Å². The molecule has 0 aliphatic heterocycles. The summed E-state index contributed by atoms with van der Waals surface area (Å²) < 4.78 is 0. The smallest absolute Gasteiger partial charge is 0.258 e. The van der Waals surface area contributed by atoms with E-state index in [1.165, 1.54) is 29.2 Å². The van der Waals surface area contributed by atoms with Crippen molar-refractivity contribution in [1.82, 2.24) is 5.43 Å². The molecule has 3 rings (SSSR count). The molecule has 0 saturated heterocycles. The van der Waals surface area contributed by atoms with Crippen molar-refractivity contribution in [3.63, 3.8) is 0 Å². The zero-order valence-electron chi connectivity index (χ0n) is 14.8. The Kier molecular flexibility index (Phi) is 5.41. The molecule has 0 unspecified atom stereocenters. The van der Waals surface area contributed by atoms with E-state index in [0.717, 1.165) is 0 Å². The van der Waals surface area contributed by atoms with Gasteiger partial charge >= 0.3 is 0 Å². The van der Waals surface area contributed by atoms with Gasteiger partial charge in [0.05, 0.1) is 24.3 Å². The van der Waals surface area contributed by atoms with Crippen molar-refractivity contribution in [3.05, 3.63) is 58.7 Å². The van der Waals surface area contributed by atoms with Crippen molar-refractivity contribution < 1.29 is 29.7 Å². The van der Waals surface area contributed by atoms with Crippen LogP contribution < -0.4 is 16.2 Å². The Morgan fingerprint density at radius 3 is 2.18 bits per heavy atom. The van der Waals surface area contributed by atoms with E-state index >= 15 is 0 Å². The van der Waals surface area contributed by atoms with Gasteiger partial charge in [0.15, 0.2) is 11.6 Å². The van der Waals surface area contributed by atoms with Gasteiger partial charge in [0.1, 0.15) is 11.8 Å². The number of ketones is 2. The highest BCUT2D eigenvalue weighted by Crippen LogP contribution is 2.38. The number of aliphatic hydroxyl groups excluding tert-OH is 2. The van der Waals surface area contributed by atoms with E-state index in [4.69, 9.17) is 5.84 Å². The minimum atomic E-state index is -1.22. The molecule has 1 atom stereocenters. The number of rotatable bonds is 6. The van der Waals surface area contributed by atoms with Gasteiger partial charge in [-0.3, -0.25) is 19.8 Å². The molecule has 0 bridgehead atoms. The molecule has 9 nitrogen and oxygen atoms in total. The van der Waals surface area contributed by atoms with Crippen molar-refractivity contribution in [3.8, 4) is 5.75 Å². The van der Waals surface area contributed by atoms with Crippen LogP contribution >= 0.6 is 0 Å². The van der Waals surface area contributed by atoms with E-state index < -0.39 is 36.7 Å². The lowest BCUT2D eigenvalue weighted by molar-refractivity contribution is -0.123. The highest BCUT2D eigenvalue weighted by molar-refractivity contribution is 6.31. The normalized spacial score (nSPS) is 13.5. The van der Waals surface area contributed by atoms with Gasteiger partial charge in [-0.15, -0.1) is 0 Å². The lowest BCUT2D eigenvalue weighted by atomic mass is 9.82. The topological polar surface area (TPSA) is 153 Å². The lowest BCUT2D eigenvalue weighted by Crippen LogP contribution is -2.52. The minimum absolute atomic E-state index is 0.0968. The molecule has 0 aromatic heterocycles. The molecular weight excluding hydrogens is 366 g/mol. The number of hydrogen-bond donors (Lipinski definition) is 5. The van der Waals surface area contributed by atoms with Crippen LogP contribution in [0.4, 0.5) is 5.69 Å². The maximum atomic E-state index is 13.1. The minimum Gasteiger partial charge on any atom is -0.507 e. The van der Waals surface area contributed by atoms with Crippen LogP contribution in [0, 0.1) is 0 Å². The summed E-state index contributed by atoms with van der Waals surface area (Å²) in [6.45, 7) is -1.18. The Bertz CT molecular complexity index is 959. The zero-order chi connectivity index (χ0) is 20.4. The number of phenols is 1. The molecule has 28 heavy (non-hydrogen) atoms. The number of nitrogens with zero attached hydrogens (tertiary/aromatic N) is 1. The predicted octanol–water partition coefficient (Wildman–Crippen LogP) is -0.683. The van der Waals surface area contributed by atoms with E-state index in [1.807, 2.05) is 5.43 Å². The van der Waals surface area contributed by atoms with E-state index in [1.54, 1.807) is 12.1 Å². The number of phenolic OH excluding ortho intramolecular Hbond substituents is 1. The van der Waals surface area contributed by atoms with Crippen molar-refractivity contribution in [2.45, 2.75) is 6.04 Å². The van der Waals surface area contributed by atoms with Gasteiger partial charge in [-0.1, -0.05) is 24.3 Å². The number of benzene rings is 2. The Labute approximate surface area is 160 Å². The lowest BCUT2D eigenvalue weighted by Gasteiger charge is -2.33. The van der Waals surface area contributed by atoms with Crippen LogP contribution in [-0.2, 0) is 4.79 Å². The molecule has 0 radical (unpaired) electrons. The summed E-state index contributed by atoms with van der Waals surface area (Å²) in [5.41, 5.74) is 2.10. The second-order valence-corrected chi connectivity index (χ2v) is 6.18. The molecule has 9 heteroatoms. The standard InChI is InChI=1S/C19H19N3O6/c20-21-19(28)13(9-24)22(7-8-23)12-5-6-14(25)16-15(12)17(26)10-3-1-2-4-11(10)18(16)27/h1-6,13,23-25H,7-9,20H2,(H,21,28)/t13-/m0/s1. The van der Waals surface area contributed by atoms with Gasteiger partial charge in [0.2, 0.25) is 0 Å². The fourth-order valence-corrected chi connectivity index (χ4v) is 3.40. The number of fused-ring (bicyclic) bond motifs is 2. The molecule has 0 heterocycles. The Hall–Kier alpha value is -3.27. The van der Waals surface area contributed by atoms with Gasteiger partial charge in [-0.25, -0.2) is 5.84 Å². The van der Waals surface area contributed by atoms with Crippen LogP contribution in [0.25, 0.3) is 0 Å². The summed E-state index contributed by atoms with van der Waals surface area (Å²) in [7, 11) is 0. The second kappa shape index (κ2) is 7.77. The molecular formula is C19H19N3O6. The number of carbonyl (C=O) groups is 3. The number of nitrogens with two attached hydrogens (primary N) is 1. The van der Waals surface area contributed by atoms with E-state index in [-0.39, 0.29) is 40.2 Å². The molecule has 2 aromatic carbocycles. The summed E-state index contributed by atoms with van der Waals surface area (Å²) in [5.74, 6) is 3.02. The summed E-state index contributed by atoms with van der Waals surface area (Å²) in [6.07, 6.45) is 0. The summed E-state index contributed by atoms with van der Waals surface area (Å²) >= 11 is 0. The average molecular weight is 385 g/mol. The van der Waals surface area contributed by atoms with E-state index in [9.17, 15) is 29.7 Å². The fraction of sp³-hybridized carbons (Fsp3) is 0.211. The van der Waals surface area contributed by atoms with Crippen LogP contribution in [0.1, 0.15) is 31.8 Å². The van der Waals surface area contributed by atoms with Crippen LogP contribution in [-0.4, -0.2) is 58.6 Å². The number of aromatic hydroxyl groups is 1. The van der Waals surface area contributed by atoms with Crippen LogP contribution in [0.2, 0.25) is 0 Å². The number of carbonyl (C=O) groups excluding carboxylic acids is 3. The molecule has 1 aliphatic carbocycles. The van der Waals surface area contributed by atoms with Gasteiger partial charge in [-0.05, 0) is 12.1 Å². The summed E-state index contributed by atoms with van der Waals surface area (Å²) in [4.78, 5) is 39.4. The van der Waals surface area contributed by atoms with Crippen molar-refractivity contribution in [1.29, 1.82) is 0 Å². The maximum absolute atomic E-state index is 13.1. The molecule has 0 spiro atoms. The first kappa shape index (κ1) is 19.5. The molecule has 1 aliphatic rings. The van der Waals surface area contributed by atoms with Crippen LogP contribution in [0.3, 0.4) is 0 Å². The third-order valence-corrected chi connectivity index (χ3v) is 4.68. The van der Waals surface area contributed by atoms with Crippen molar-refractivity contribution in [2.24, 2.45) is 5.84 Å². The molecule has 146 valence electrons. The summed E-state index contributed by atoms with van der Waals surface area (Å²) in [6, 6.07) is 7.59. The zero-order valence-corrected chi connectivity index (χ0v) is 14.8. The molecule has 2 aromatic rings. The van der Waals surface area contributed by atoms with Crippen LogP contribution in [0.15, 0.2) is 36.4 Å². The highest BCUT2D eigenvalue weighted by Gasteiger charge is 2.37. The SMILES string of the molecule is NNC(=O)[C@H](CO)N(CCO)c1ccc(O)c2c1C(=O)c1ccccc1C2=O. The number of nitrogens with one attached hydrogen (secondary N) is 1. The number of hydrogen-bond acceptors (Lipinski definition) is 8. The Morgan fingerprint density at radius 1 is 1.04 bits per heavy atom. The largest absolute Gasteiger partial charge is 0.507 e. The Balaban J connectivity index is 2.25. The van der Waals surface area contributed by atoms with Gasteiger partial charge in [-0.2, -0.15) is 0 Å². The van der Waals surface area contributed by atoms with Gasteiger partial charge in [0, 0.05) is 23.4 Å². The van der Waals surface area contributed by atoms with Crippen molar-refractivity contribution in [2.75, 3.05) is 24.7 Å². The molecule has 6 N–H and O–H groups in total. The first-order valence-electron chi connectivity index (χ1n) is 8.49. The van der Waals surface area contributed by atoms with Gasteiger partial charge in [0.25, 0.3) is 5.91 Å². The number of aliphatic hydroxyl groups is 2. The quantitative estimate of drug-likeness (QED) is 0.212. The molecule has 1 amide bonds. The van der Waals surface area contributed by atoms with Crippen LogP contribution in [0.5, 0.6) is 5.75 Å². The monoisotopic (exact) mass is 385 g/mol. The number of hydrazine groups is 1. The highest BCUT2D eigenvalue weighted by atomic mass is 16.3. The molecule has 0 fully saturated rings. The number of amides is 1. The van der Waals surface area contributed by atoms with Gasteiger partial charge < -0.3 is 20.2 Å². The fourth-order valence-electron chi connectivity index (χ4n) is 3.40. The molecule has 0 saturated carbocycles. The predicted molar refractivity (Wildman–Crippen MR) is 99.0 cm³/mol. The maximum Gasteiger partial charge on any atom is 0.258 e. The third-order valence-electron chi connectivity index (χ3n) is 4.68. The first-order valence-corrected chi connectivity index (χ1v) is 8.49. The van der Waals surface area contributed by atoms with E-state index in [2.05, 4.69) is 0 Å². The average Bonchev–Trinajstić information content (AvgIpc) is 2.71. The second-order valence-electron chi connectivity index (χ2n) is 6.18. The number of anilines is 1.